The van der Waals surface area contributed by atoms with Gasteiger partial charge in [-0.2, -0.15) is 13.2 Å². The smallest absolute Gasteiger partial charge is 0.335 e. The monoisotopic (exact) mass is 359 g/mol. The van der Waals surface area contributed by atoms with Gasteiger partial charge in [-0.1, -0.05) is 30.8 Å². The maximum atomic E-state index is 12.6. The van der Waals surface area contributed by atoms with Crippen molar-refractivity contribution < 1.29 is 18.0 Å². The van der Waals surface area contributed by atoms with Crippen LogP contribution < -0.4 is 11.2 Å². The number of nitrogens with two attached hydrogens (primary N) is 1. The number of nitrogens with zero attached hydrogens (tertiary/aromatic N) is 3. The van der Waals surface area contributed by atoms with Crippen molar-refractivity contribution in [2.75, 3.05) is 11.2 Å². The molecule has 24 heavy (non-hydrogen) atoms. The predicted molar refractivity (Wildman–Crippen MR) is 84.9 cm³/mol. The Labute approximate surface area is 140 Å². The molecular weight excluding hydrogens is 343 g/mol. The Morgan fingerprint density at radius 1 is 1.33 bits per heavy atom. The van der Waals surface area contributed by atoms with E-state index in [4.69, 9.17) is 5.84 Å². The van der Waals surface area contributed by atoms with Crippen molar-refractivity contribution in [2.24, 2.45) is 0 Å². The summed E-state index contributed by atoms with van der Waals surface area (Å²) in [6.45, 7) is 3.56. The normalized spacial score (nSPS) is 12.9. The van der Waals surface area contributed by atoms with Gasteiger partial charge in [0.1, 0.15) is 0 Å². The van der Waals surface area contributed by atoms with Crippen LogP contribution in [0, 0.1) is 0 Å². The molecule has 0 fully saturated rings. The van der Waals surface area contributed by atoms with Gasteiger partial charge in [-0.3, -0.25) is 4.79 Å². The first-order valence-electron chi connectivity index (χ1n) is 7.06. The fourth-order valence-electron chi connectivity index (χ4n) is 1.83. The number of thioether (sulfide) groups is 1. The number of alkyl halides is 3. The number of hydrogen-bond acceptors (Lipinski definition) is 5. The van der Waals surface area contributed by atoms with E-state index in [9.17, 15) is 18.0 Å². The number of amides is 1. The summed E-state index contributed by atoms with van der Waals surface area (Å²) in [5.74, 6) is 3.66. The minimum atomic E-state index is -4.70. The van der Waals surface area contributed by atoms with E-state index in [1.54, 1.807) is 19.1 Å². The van der Waals surface area contributed by atoms with E-state index >= 15 is 0 Å². The summed E-state index contributed by atoms with van der Waals surface area (Å²) < 4.78 is 38.2. The zero-order valence-corrected chi connectivity index (χ0v) is 13.8. The summed E-state index contributed by atoms with van der Waals surface area (Å²) in [7, 11) is 0. The van der Waals surface area contributed by atoms with Crippen molar-refractivity contribution in [1.29, 1.82) is 0 Å². The Balaban J connectivity index is 2.02. The Morgan fingerprint density at radius 2 is 1.96 bits per heavy atom. The number of anilines is 1. The minimum Gasteiger partial charge on any atom is -0.335 e. The van der Waals surface area contributed by atoms with E-state index < -0.39 is 17.3 Å². The van der Waals surface area contributed by atoms with Gasteiger partial charge in [-0.05, 0) is 31.0 Å². The number of nitrogens with one attached hydrogen (secondary N) is 1. The largest absolute Gasteiger partial charge is 0.453 e. The fourth-order valence-corrected chi connectivity index (χ4v) is 2.60. The summed E-state index contributed by atoms with van der Waals surface area (Å²) in [4.78, 5) is 12.1. The lowest BCUT2D eigenvalue weighted by atomic mass is 10.1. The average Bonchev–Trinajstić information content (AvgIpc) is 2.89. The van der Waals surface area contributed by atoms with Gasteiger partial charge < -0.3 is 11.2 Å². The lowest BCUT2D eigenvalue weighted by Crippen LogP contribution is -2.25. The van der Waals surface area contributed by atoms with E-state index in [0.717, 1.165) is 23.7 Å². The van der Waals surface area contributed by atoms with Crippen LogP contribution >= 0.6 is 11.8 Å². The molecule has 0 spiro atoms. The fraction of sp³-hybridized carbons (Fsp3) is 0.357. The molecule has 1 atom stereocenters. The summed E-state index contributed by atoms with van der Waals surface area (Å²) in [6, 6.07) is 7.31. The van der Waals surface area contributed by atoms with Crippen molar-refractivity contribution in [3.63, 3.8) is 0 Å². The molecule has 1 heterocycles. The number of nitrogen functional groups attached to an aromatic ring is 1. The molecule has 2 rings (SSSR count). The number of carbonyl (C=O) groups is 1. The molecule has 130 valence electrons. The van der Waals surface area contributed by atoms with Gasteiger partial charge in [-0.25, -0.2) is 4.68 Å². The van der Waals surface area contributed by atoms with Gasteiger partial charge in [0.2, 0.25) is 11.1 Å². The molecule has 0 aliphatic carbocycles. The Bertz CT molecular complexity index is 714. The van der Waals surface area contributed by atoms with Crippen LogP contribution in [0.4, 0.5) is 18.9 Å². The van der Waals surface area contributed by atoms with Crippen LogP contribution in [0.5, 0.6) is 0 Å². The van der Waals surface area contributed by atoms with Gasteiger partial charge in [0.25, 0.3) is 5.82 Å². The van der Waals surface area contributed by atoms with Gasteiger partial charge in [0.15, 0.2) is 0 Å². The molecule has 1 aromatic heterocycles. The molecule has 0 saturated heterocycles. The van der Waals surface area contributed by atoms with Crippen LogP contribution in [-0.4, -0.2) is 26.0 Å². The van der Waals surface area contributed by atoms with E-state index in [1.807, 2.05) is 19.1 Å². The van der Waals surface area contributed by atoms with Crippen molar-refractivity contribution >= 4 is 23.4 Å². The number of hydrogen-bond donors (Lipinski definition) is 2. The predicted octanol–water partition coefficient (Wildman–Crippen LogP) is 2.69. The van der Waals surface area contributed by atoms with E-state index in [-0.39, 0.29) is 11.1 Å². The molecule has 1 aromatic carbocycles. The molecule has 3 N–H and O–H groups in total. The molecule has 0 bridgehead atoms. The third kappa shape index (κ3) is 4.19. The maximum absolute atomic E-state index is 12.6. The zero-order chi connectivity index (χ0) is 17.9. The first kappa shape index (κ1) is 18.1. The second kappa shape index (κ2) is 7.12. The van der Waals surface area contributed by atoms with Crippen LogP contribution in [0.15, 0.2) is 29.4 Å². The second-order valence-corrected chi connectivity index (χ2v) is 6.28. The lowest BCUT2D eigenvalue weighted by Gasteiger charge is -2.12. The SMILES string of the molecule is CCc1ccc(NC(=O)[C@@H](C)Sc2nnc(C(F)(F)F)n2N)cc1. The van der Waals surface area contributed by atoms with E-state index in [1.165, 1.54) is 0 Å². The van der Waals surface area contributed by atoms with Crippen molar-refractivity contribution in [2.45, 2.75) is 36.9 Å². The Morgan fingerprint density at radius 3 is 2.46 bits per heavy atom. The first-order valence-corrected chi connectivity index (χ1v) is 7.94. The number of rotatable bonds is 5. The molecule has 6 nitrogen and oxygen atoms in total. The third-order valence-corrected chi connectivity index (χ3v) is 4.26. The lowest BCUT2D eigenvalue weighted by molar-refractivity contribution is -0.146. The summed E-state index contributed by atoms with van der Waals surface area (Å²) >= 11 is 0.794. The molecule has 0 radical (unpaired) electrons. The molecule has 0 unspecified atom stereocenters. The molecule has 2 aromatic rings. The quantitative estimate of drug-likeness (QED) is 0.633. The highest BCUT2D eigenvalue weighted by atomic mass is 32.2. The molecule has 0 aliphatic rings. The van der Waals surface area contributed by atoms with Crippen molar-refractivity contribution in [1.82, 2.24) is 14.9 Å². The summed E-state index contributed by atoms with van der Waals surface area (Å²) in [5.41, 5.74) is 1.74. The first-order chi connectivity index (χ1) is 11.2. The van der Waals surface area contributed by atoms with Gasteiger partial charge in [0.05, 0.1) is 5.25 Å². The van der Waals surface area contributed by atoms with Crippen LogP contribution in [0.2, 0.25) is 0 Å². The van der Waals surface area contributed by atoms with Crippen LogP contribution in [0.3, 0.4) is 0 Å². The topological polar surface area (TPSA) is 85.8 Å². The number of benzene rings is 1. The molecule has 10 heteroatoms. The Hall–Kier alpha value is -2.23. The summed E-state index contributed by atoms with van der Waals surface area (Å²) in [6.07, 6.45) is -3.82. The third-order valence-electron chi connectivity index (χ3n) is 3.20. The van der Waals surface area contributed by atoms with Crippen LogP contribution in [0.1, 0.15) is 25.2 Å². The maximum Gasteiger partial charge on any atom is 0.453 e. The Kier molecular flexibility index (Phi) is 5.37. The zero-order valence-electron chi connectivity index (χ0n) is 13.0. The average molecular weight is 359 g/mol. The van der Waals surface area contributed by atoms with Crippen molar-refractivity contribution in [3.05, 3.63) is 35.7 Å². The molecule has 1 amide bonds. The number of aryl methyl sites for hydroxylation is 1. The van der Waals surface area contributed by atoms with E-state index in [2.05, 4.69) is 15.5 Å². The molecular formula is C14H16F3N5OS. The standard InChI is InChI=1S/C14H16F3N5OS/c1-3-9-4-6-10(7-5-9)19-11(23)8(2)24-13-21-20-12(22(13)18)14(15,16)17/h4-8H,3,18H2,1-2H3,(H,19,23)/t8-/m1/s1. The van der Waals surface area contributed by atoms with Gasteiger partial charge >= 0.3 is 6.18 Å². The highest BCUT2D eigenvalue weighted by Gasteiger charge is 2.38. The van der Waals surface area contributed by atoms with Gasteiger partial charge in [-0.15, -0.1) is 10.2 Å². The molecule has 0 saturated carbocycles. The number of halogens is 3. The van der Waals surface area contributed by atoms with Crippen molar-refractivity contribution in [3.8, 4) is 0 Å². The number of carbonyl (C=O) groups excluding carboxylic acids is 1. The number of aromatic nitrogens is 3. The van der Waals surface area contributed by atoms with E-state index in [0.29, 0.717) is 10.4 Å². The van der Waals surface area contributed by atoms with Gasteiger partial charge in [0, 0.05) is 5.69 Å². The van der Waals surface area contributed by atoms with Crippen LogP contribution in [0.25, 0.3) is 0 Å². The molecule has 0 aliphatic heterocycles. The van der Waals surface area contributed by atoms with Crippen LogP contribution in [-0.2, 0) is 17.4 Å². The minimum absolute atomic E-state index is 0.189. The highest BCUT2D eigenvalue weighted by molar-refractivity contribution is 8.00. The second-order valence-electron chi connectivity index (χ2n) is 4.97. The highest BCUT2D eigenvalue weighted by Crippen LogP contribution is 2.30. The summed E-state index contributed by atoms with van der Waals surface area (Å²) in [5, 5.41) is 8.19.